The monoisotopic (exact) mass is 471 g/mol. The van der Waals surface area contributed by atoms with Crippen LogP contribution in [0.2, 0.25) is 0 Å². The van der Waals surface area contributed by atoms with Crippen molar-refractivity contribution in [2.45, 2.75) is 32.9 Å². The number of amides is 1. The Kier molecular flexibility index (Phi) is 7.45. The van der Waals surface area contributed by atoms with E-state index in [-0.39, 0.29) is 11.5 Å². The van der Waals surface area contributed by atoms with Gasteiger partial charge < -0.3 is 14.8 Å². The molecule has 0 aliphatic heterocycles. The molecule has 0 saturated heterocycles. The summed E-state index contributed by atoms with van der Waals surface area (Å²) in [5.74, 6) is 0.937. The molecule has 7 nitrogen and oxygen atoms in total. The summed E-state index contributed by atoms with van der Waals surface area (Å²) in [5.41, 5.74) is 4.89. The second-order valence-corrected chi connectivity index (χ2v) is 8.42. The van der Waals surface area contributed by atoms with Gasteiger partial charge in [0.05, 0.1) is 31.4 Å². The maximum atomic E-state index is 12.9. The molecule has 4 rings (SSSR count). The molecular formula is C28H29N3O4. The number of carbonyl (C=O) groups is 1. The summed E-state index contributed by atoms with van der Waals surface area (Å²) in [7, 11) is 3.06. The number of ether oxygens (including phenoxy) is 2. The number of aryl methyl sites for hydroxylation is 2. The number of hydrogen-bond donors (Lipinski definition) is 1. The highest BCUT2D eigenvalue weighted by Gasteiger charge is 2.11. The smallest absolute Gasteiger partial charge is 0.261 e. The largest absolute Gasteiger partial charge is 0.493 e. The minimum atomic E-state index is -0.177. The standard InChI is InChI=1S/C28H29N3O4/c1-19-7-4-9-21(13-19)22-10-5-8-20(14-22)17-29-27(32)11-6-12-31-18-30-24-16-26(35-3)25(34-2)15-23(24)28(31)33/h4-5,7-10,13-16,18H,6,11-12,17H2,1-3H3,(H,29,32). The van der Waals surface area contributed by atoms with Crippen molar-refractivity contribution in [3.63, 3.8) is 0 Å². The van der Waals surface area contributed by atoms with Crippen LogP contribution in [-0.2, 0) is 17.9 Å². The van der Waals surface area contributed by atoms with E-state index in [0.29, 0.717) is 48.3 Å². The molecule has 35 heavy (non-hydrogen) atoms. The molecule has 3 aromatic carbocycles. The van der Waals surface area contributed by atoms with Gasteiger partial charge in [0.25, 0.3) is 5.56 Å². The van der Waals surface area contributed by atoms with Gasteiger partial charge in [0.2, 0.25) is 5.91 Å². The van der Waals surface area contributed by atoms with Gasteiger partial charge in [-0.3, -0.25) is 14.2 Å². The summed E-state index contributed by atoms with van der Waals surface area (Å²) in [4.78, 5) is 29.7. The maximum Gasteiger partial charge on any atom is 0.261 e. The van der Waals surface area contributed by atoms with Crippen molar-refractivity contribution in [1.29, 1.82) is 0 Å². The van der Waals surface area contributed by atoms with Gasteiger partial charge in [-0.1, -0.05) is 48.0 Å². The van der Waals surface area contributed by atoms with E-state index >= 15 is 0 Å². The zero-order chi connectivity index (χ0) is 24.8. The summed E-state index contributed by atoms with van der Waals surface area (Å²) >= 11 is 0. The second-order valence-electron chi connectivity index (χ2n) is 8.42. The molecule has 1 heterocycles. The Morgan fingerprint density at radius 2 is 1.69 bits per heavy atom. The number of fused-ring (bicyclic) bond motifs is 1. The number of carbonyl (C=O) groups excluding carboxylic acids is 1. The van der Waals surface area contributed by atoms with Gasteiger partial charge in [-0.2, -0.15) is 0 Å². The van der Waals surface area contributed by atoms with Crippen molar-refractivity contribution < 1.29 is 14.3 Å². The average Bonchev–Trinajstić information content (AvgIpc) is 2.88. The molecule has 4 aromatic rings. The first-order chi connectivity index (χ1) is 17.0. The SMILES string of the molecule is COc1cc2ncn(CCCC(=O)NCc3cccc(-c4cccc(C)c4)c3)c(=O)c2cc1OC. The average molecular weight is 472 g/mol. The van der Waals surface area contributed by atoms with Crippen LogP contribution in [0, 0.1) is 6.92 Å². The third kappa shape index (κ3) is 5.69. The quantitative estimate of drug-likeness (QED) is 0.389. The zero-order valence-electron chi connectivity index (χ0n) is 20.2. The van der Waals surface area contributed by atoms with Crippen LogP contribution in [0.5, 0.6) is 11.5 Å². The topological polar surface area (TPSA) is 82.5 Å². The number of hydrogen-bond acceptors (Lipinski definition) is 5. The van der Waals surface area contributed by atoms with Crippen LogP contribution < -0.4 is 20.3 Å². The first-order valence-electron chi connectivity index (χ1n) is 11.5. The van der Waals surface area contributed by atoms with Crippen LogP contribution in [0.15, 0.2) is 71.8 Å². The molecule has 7 heteroatoms. The van der Waals surface area contributed by atoms with Gasteiger partial charge in [0, 0.05) is 25.6 Å². The van der Waals surface area contributed by atoms with Crippen molar-refractivity contribution in [2.24, 2.45) is 0 Å². The number of aromatic nitrogens is 2. The fraction of sp³-hybridized carbons (Fsp3) is 0.250. The van der Waals surface area contributed by atoms with Crippen molar-refractivity contribution in [2.75, 3.05) is 14.2 Å². The van der Waals surface area contributed by atoms with Crippen molar-refractivity contribution >= 4 is 16.8 Å². The number of rotatable bonds is 9. The highest BCUT2D eigenvalue weighted by atomic mass is 16.5. The number of nitrogens with zero attached hydrogens (tertiary/aromatic N) is 2. The van der Waals surface area contributed by atoms with E-state index in [1.807, 2.05) is 18.2 Å². The Bertz CT molecular complexity index is 1410. The van der Waals surface area contributed by atoms with E-state index < -0.39 is 0 Å². The Balaban J connectivity index is 1.34. The Hall–Kier alpha value is -4.13. The van der Waals surface area contributed by atoms with E-state index in [0.717, 1.165) is 16.7 Å². The summed E-state index contributed by atoms with van der Waals surface area (Å²) in [6.07, 6.45) is 2.34. The molecule has 0 aliphatic carbocycles. The maximum absolute atomic E-state index is 12.9. The number of methoxy groups -OCH3 is 2. The van der Waals surface area contributed by atoms with Crippen LogP contribution in [0.1, 0.15) is 24.0 Å². The van der Waals surface area contributed by atoms with Gasteiger partial charge in [0.15, 0.2) is 11.5 Å². The third-order valence-corrected chi connectivity index (χ3v) is 5.90. The number of nitrogens with one attached hydrogen (secondary N) is 1. The predicted molar refractivity (Wildman–Crippen MR) is 137 cm³/mol. The fourth-order valence-corrected chi connectivity index (χ4v) is 4.03. The van der Waals surface area contributed by atoms with Crippen LogP contribution >= 0.6 is 0 Å². The first-order valence-corrected chi connectivity index (χ1v) is 11.5. The van der Waals surface area contributed by atoms with Crippen LogP contribution in [0.4, 0.5) is 0 Å². The zero-order valence-corrected chi connectivity index (χ0v) is 20.2. The fourth-order valence-electron chi connectivity index (χ4n) is 4.03. The molecule has 1 aromatic heterocycles. The Morgan fingerprint density at radius 1 is 0.971 bits per heavy atom. The van der Waals surface area contributed by atoms with Crippen molar-refractivity contribution in [3.05, 3.63) is 88.5 Å². The van der Waals surface area contributed by atoms with E-state index in [2.05, 4.69) is 47.6 Å². The van der Waals surface area contributed by atoms with Crippen molar-refractivity contribution in [1.82, 2.24) is 14.9 Å². The Labute approximate surface area is 204 Å². The second kappa shape index (κ2) is 10.9. The van der Waals surface area contributed by atoms with Crippen LogP contribution in [0.3, 0.4) is 0 Å². The molecule has 1 amide bonds. The van der Waals surface area contributed by atoms with Crippen LogP contribution in [0.25, 0.3) is 22.0 Å². The summed E-state index contributed by atoms with van der Waals surface area (Å²) < 4.78 is 12.1. The summed E-state index contributed by atoms with van der Waals surface area (Å²) in [6, 6.07) is 19.8. The minimum Gasteiger partial charge on any atom is -0.493 e. The molecule has 0 bridgehead atoms. The molecule has 0 aliphatic rings. The van der Waals surface area contributed by atoms with E-state index in [1.165, 1.54) is 30.7 Å². The molecule has 1 N–H and O–H groups in total. The molecule has 0 fully saturated rings. The molecular weight excluding hydrogens is 442 g/mol. The highest BCUT2D eigenvalue weighted by Crippen LogP contribution is 2.29. The normalized spacial score (nSPS) is 10.8. The lowest BCUT2D eigenvalue weighted by Crippen LogP contribution is -2.24. The molecule has 0 saturated carbocycles. The predicted octanol–water partition coefficient (Wildman–Crippen LogP) is 4.49. The lowest BCUT2D eigenvalue weighted by atomic mass is 10.0. The summed E-state index contributed by atoms with van der Waals surface area (Å²) in [6.45, 7) is 2.92. The number of benzene rings is 3. The van der Waals surface area contributed by atoms with E-state index in [1.54, 1.807) is 12.1 Å². The molecule has 0 radical (unpaired) electrons. The van der Waals surface area contributed by atoms with Gasteiger partial charge in [-0.15, -0.1) is 0 Å². The van der Waals surface area contributed by atoms with Crippen molar-refractivity contribution in [3.8, 4) is 22.6 Å². The molecule has 180 valence electrons. The molecule has 0 spiro atoms. The highest BCUT2D eigenvalue weighted by molar-refractivity contribution is 5.81. The third-order valence-electron chi connectivity index (χ3n) is 5.90. The Morgan fingerprint density at radius 3 is 2.43 bits per heavy atom. The van der Waals surface area contributed by atoms with E-state index in [4.69, 9.17) is 9.47 Å². The summed E-state index contributed by atoms with van der Waals surface area (Å²) in [5, 5.41) is 3.42. The van der Waals surface area contributed by atoms with Gasteiger partial charge >= 0.3 is 0 Å². The lowest BCUT2D eigenvalue weighted by Gasteiger charge is -2.11. The molecule has 0 unspecified atom stereocenters. The lowest BCUT2D eigenvalue weighted by molar-refractivity contribution is -0.121. The molecule has 0 atom stereocenters. The van der Waals surface area contributed by atoms with Gasteiger partial charge in [-0.25, -0.2) is 4.98 Å². The van der Waals surface area contributed by atoms with Crippen LogP contribution in [-0.4, -0.2) is 29.7 Å². The van der Waals surface area contributed by atoms with Gasteiger partial charge in [0.1, 0.15) is 0 Å². The minimum absolute atomic E-state index is 0.0563. The first kappa shape index (κ1) is 24.0. The van der Waals surface area contributed by atoms with E-state index in [9.17, 15) is 9.59 Å². The van der Waals surface area contributed by atoms with Gasteiger partial charge in [-0.05, 0) is 42.2 Å².